The van der Waals surface area contributed by atoms with Crippen molar-refractivity contribution in [2.75, 3.05) is 0 Å². The number of amides is 1. The van der Waals surface area contributed by atoms with Gasteiger partial charge in [0.05, 0.1) is 6.04 Å². The predicted molar refractivity (Wildman–Crippen MR) is 80.5 cm³/mol. The number of hydrogen-bond acceptors (Lipinski definition) is 3. The van der Waals surface area contributed by atoms with Crippen LogP contribution >= 0.6 is 0 Å². The standard InChI is InChI=1S/C17H18N2O2/c18-16(9-12-5-7-15(20)8-6-12)17(21)19-10-13-3-1-2-4-14(13)11-19/h1-8,16,20H,9-11,18H2/t16-/m1/s1. The van der Waals surface area contributed by atoms with Gasteiger partial charge in [0, 0.05) is 13.1 Å². The average Bonchev–Trinajstić information content (AvgIpc) is 2.92. The summed E-state index contributed by atoms with van der Waals surface area (Å²) in [5.41, 5.74) is 9.39. The van der Waals surface area contributed by atoms with Gasteiger partial charge in [-0.1, -0.05) is 36.4 Å². The molecule has 1 heterocycles. The van der Waals surface area contributed by atoms with Crippen LogP contribution < -0.4 is 5.73 Å². The summed E-state index contributed by atoms with van der Waals surface area (Å²) < 4.78 is 0. The zero-order valence-electron chi connectivity index (χ0n) is 11.7. The van der Waals surface area contributed by atoms with E-state index in [9.17, 15) is 9.90 Å². The minimum atomic E-state index is -0.552. The lowest BCUT2D eigenvalue weighted by Crippen LogP contribution is -2.42. The maximum Gasteiger partial charge on any atom is 0.240 e. The molecule has 1 amide bonds. The Kier molecular flexibility index (Phi) is 3.62. The number of nitrogens with zero attached hydrogens (tertiary/aromatic N) is 1. The smallest absolute Gasteiger partial charge is 0.240 e. The molecule has 4 nitrogen and oxygen atoms in total. The van der Waals surface area contributed by atoms with Crippen molar-refractivity contribution in [3.05, 3.63) is 65.2 Å². The molecule has 0 radical (unpaired) electrons. The number of fused-ring (bicyclic) bond motifs is 1. The van der Waals surface area contributed by atoms with Gasteiger partial charge in [0.1, 0.15) is 5.75 Å². The van der Waals surface area contributed by atoms with Crippen molar-refractivity contribution in [3.8, 4) is 5.75 Å². The monoisotopic (exact) mass is 282 g/mol. The van der Waals surface area contributed by atoms with Gasteiger partial charge < -0.3 is 15.7 Å². The molecule has 2 aromatic carbocycles. The van der Waals surface area contributed by atoms with E-state index in [1.54, 1.807) is 29.2 Å². The molecule has 0 saturated heterocycles. The van der Waals surface area contributed by atoms with E-state index in [2.05, 4.69) is 0 Å². The fraction of sp³-hybridized carbons (Fsp3) is 0.235. The summed E-state index contributed by atoms with van der Waals surface area (Å²) in [6, 6.07) is 14.3. The number of benzene rings is 2. The Balaban J connectivity index is 1.65. The van der Waals surface area contributed by atoms with Gasteiger partial charge in [0.2, 0.25) is 5.91 Å². The van der Waals surface area contributed by atoms with Crippen molar-refractivity contribution in [1.29, 1.82) is 0 Å². The molecule has 4 heteroatoms. The van der Waals surface area contributed by atoms with Crippen LogP contribution in [0.5, 0.6) is 5.75 Å². The first-order valence-electron chi connectivity index (χ1n) is 7.02. The van der Waals surface area contributed by atoms with Crippen LogP contribution in [0.4, 0.5) is 0 Å². The number of hydrogen-bond donors (Lipinski definition) is 2. The van der Waals surface area contributed by atoms with Crippen LogP contribution in [0.2, 0.25) is 0 Å². The molecular weight excluding hydrogens is 264 g/mol. The fourth-order valence-electron chi connectivity index (χ4n) is 2.70. The number of rotatable bonds is 3. The topological polar surface area (TPSA) is 66.6 Å². The van der Waals surface area contributed by atoms with Crippen LogP contribution in [0.25, 0.3) is 0 Å². The highest BCUT2D eigenvalue weighted by Crippen LogP contribution is 2.23. The Bertz CT molecular complexity index is 627. The van der Waals surface area contributed by atoms with Crippen molar-refractivity contribution in [3.63, 3.8) is 0 Å². The van der Waals surface area contributed by atoms with E-state index in [-0.39, 0.29) is 11.7 Å². The molecule has 0 bridgehead atoms. The second kappa shape index (κ2) is 5.58. The predicted octanol–water partition coefficient (Wildman–Crippen LogP) is 1.80. The Hall–Kier alpha value is -2.33. The zero-order valence-corrected chi connectivity index (χ0v) is 11.7. The lowest BCUT2D eigenvalue weighted by Gasteiger charge is -2.20. The summed E-state index contributed by atoms with van der Waals surface area (Å²) in [6.45, 7) is 1.27. The molecule has 0 unspecified atom stereocenters. The molecule has 0 fully saturated rings. The lowest BCUT2D eigenvalue weighted by atomic mass is 10.1. The minimum Gasteiger partial charge on any atom is -0.508 e. The molecule has 0 aliphatic carbocycles. The van der Waals surface area contributed by atoms with Gasteiger partial charge in [-0.2, -0.15) is 0 Å². The summed E-state index contributed by atoms with van der Waals surface area (Å²) in [6.07, 6.45) is 0.478. The number of carbonyl (C=O) groups is 1. The van der Waals surface area contributed by atoms with Crippen LogP contribution in [-0.2, 0) is 24.3 Å². The van der Waals surface area contributed by atoms with Gasteiger partial charge >= 0.3 is 0 Å². The first-order valence-corrected chi connectivity index (χ1v) is 7.02. The van der Waals surface area contributed by atoms with Crippen molar-refractivity contribution in [1.82, 2.24) is 4.90 Å². The highest BCUT2D eigenvalue weighted by atomic mass is 16.3. The molecule has 1 aliphatic heterocycles. The molecule has 0 spiro atoms. The number of nitrogens with two attached hydrogens (primary N) is 1. The molecule has 1 aliphatic rings. The highest BCUT2D eigenvalue weighted by molar-refractivity contribution is 5.82. The maximum atomic E-state index is 12.4. The fourth-order valence-corrected chi connectivity index (χ4v) is 2.70. The van der Waals surface area contributed by atoms with Crippen molar-refractivity contribution in [2.45, 2.75) is 25.6 Å². The molecule has 1 atom stereocenters. The average molecular weight is 282 g/mol. The van der Waals surface area contributed by atoms with E-state index in [0.29, 0.717) is 19.5 Å². The van der Waals surface area contributed by atoms with Crippen molar-refractivity contribution < 1.29 is 9.90 Å². The summed E-state index contributed by atoms with van der Waals surface area (Å²) >= 11 is 0. The molecule has 21 heavy (non-hydrogen) atoms. The van der Waals surface area contributed by atoms with E-state index in [4.69, 9.17) is 5.73 Å². The summed E-state index contributed by atoms with van der Waals surface area (Å²) in [5, 5.41) is 9.27. The second-order valence-electron chi connectivity index (χ2n) is 5.44. The molecule has 0 saturated carbocycles. The number of phenolic OH excluding ortho intramolecular Hbond substituents is 1. The van der Waals surface area contributed by atoms with E-state index < -0.39 is 6.04 Å². The molecule has 3 N–H and O–H groups in total. The van der Waals surface area contributed by atoms with Crippen molar-refractivity contribution in [2.24, 2.45) is 5.73 Å². The minimum absolute atomic E-state index is 0.0284. The summed E-state index contributed by atoms with van der Waals surface area (Å²) in [7, 11) is 0. The van der Waals surface area contributed by atoms with Gasteiger partial charge in [0.25, 0.3) is 0 Å². The number of aromatic hydroxyl groups is 1. The zero-order chi connectivity index (χ0) is 14.8. The number of phenols is 1. The quantitative estimate of drug-likeness (QED) is 0.902. The Morgan fingerprint density at radius 2 is 1.67 bits per heavy atom. The lowest BCUT2D eigenvalue weighted by molar-refractivity contribution is -0.133. The van der Waals surface area contributed by atoms with Gasteiger partial charge in [0.15, 0.2) is 0 Å². The molecule has 108 valence electrons. The van der Waals surface area contributed by atoms with E-state index >= 15 is 0 Å². The number of carbonyl (C=O) groups excluding carboxylic acids is 1. The molecule has 0 aromatic heterocycles. The van der Waals surface area contributed by atoms with E-state index in [0.717, 1.165) is 5.56 Å². The van der Waals surface area contributed by atoms with Gasteiger partial charge in [-0.05, 0) is 35.2 Å². The SMILES string of the molecule is N[C@H](Cc1ccc(O)cc1)C(=O)N1Cc2ccccc2C1. The highest BCUT2D eigenvalue weighted by Gasteiger charge is 2.26. The third kappa shape index (κ3) is 2.90. The largest absolute Gasteiger partial charge is 0.508 e. The van der Waals surface area contributed by atoms with Crippen LogP contribution in [0.3, 0.4) is 0 Å². The first-order chi connectivity index (χ1) is 10.1. The van der Waals surface area contributed by atoms with Crippen LogP contribution in [0, 0.1) is 0 Å². The van der Waals surface area contributed by atoms with Gasteiger partial charge in [-0.25, -0.2) is 0 Å². The third-order valence-electron chi connectivity index (χ3n) is 3.86. The van der Waals surface area contributed by atoms with Crippen LogP contribution in [0.1, 0.15) is 16.7 Å². The Morgan fingerprint density at radius 3 is 2.24 bits per heavy atom. The molecule has 2 aromatic rings. The normalized spacial score (nSPS) is 14.8. The Morgan fingerprint density at radius 1 is 1.10 bits per heavy atom. The van der Waals surface area contributed by atoms with Crippen LogP contribution in [0.15, 0.2) is 48.5 Å². The van der Waals surface area contributed by atoms with Crippen LogP contribution in [-0.4, -0.2) is 22.0 Å². The van der Waals surface area contributed by atoms with E-state index in [1.807, 2.05) is 24.3 Å². The Labute approximate surface area is 123 Å². The second-order valence-corrected chi connectivity index (χ2v) is 5.44. The van der Waals surface area contributed by atoms with Crippen molar-refractivity contribution >= 4 is 5.91 Å². The first kappa shape index (κ1) is 13.6. The summed E-state index contributed by atoms with van der Waals surface area (Å²) in [4.78, 5) is 14.2. The van der Waals surface area contributed by atoms with Gasteiger partial charge in [-0.3, -0.25) is 4.79 Å². The summed E-state index contributed by atoms with van der Waals surface area (Å²) in [5.74, 6) is 0.188. The molecular formula is C17H18N2O2. The maximum absolute atomic E-state index is 12.4. The van der Waals surface area contributed by atoms with E-state index in [1.165, 1.54) is 11.1 Å². The molecule has 3 rings (SSSR count). The van der Waals surface area contributed by atoms with Gasteiger partial charge in [-0.15, -0.1) is 0 Å². The third-order valence-corrected chi connectivity index (χ3v) is 3.86.